The fourth-order valence-electron chi connectivity index (χ4n) is 1.45. The van der Waals surface area contributed by atoms with Gasteiger partial charge < -0.3 is 10.6 Å². The van der Waals surface area contributed by atoms with Gasteiger partial charge in [0.05, 0.1) is 5.02 Å². The van der Waals surface area contributed by atoms with Gasteiger partial charge in [0.15, 0.2) is 0 Å². The summed E-state index contributed by atoms with van der Waals surface area (Å²) in [6.07, 6.45) is 2.82. The van der Waals surface area contributed by atoms with E-state index in [9.17, 15) is 0 Å². The van der Waals surface area contributed by atoms with Crippen molar-refractivity contribution in [3.8, 4) is 0 Å². The predicted molar refractivity (Wildman–Crippen MR) is 61.4 cm³/mol. The molecule has 2 heterocycles. The maximum absolute atomic E-state index is 5.73. The molecule has 0 aromatic carbocycles. The van der Waals surface area contributed by atoms with Crippen LogP contribution in [-0.4, -0.2) is 24.1 Å². The predicted octanol–water partition coefficient (Wildman–Crippen LogP) is 1.93. The summed E-state index contributed by atoms with van der Waals surface area (Å²) >= 11 is 5.73. The van der Waals surface area contributed by atoms with Crippen LogP contribution in [0.15, 0.2) is 18.3 Å². The van der Waals surface area contributed by atoms with Crippen LogP contribution in [0, 0.1) is 0 Å². The van der Waals surface area contributed by atoms with Gasteiger partial charge in [0, 0.05) is 18.8 Å². The summed E-state index contributed by atoms with van der Waals surface area (Å²) in [5, 5.41) is 7.30. The molecule has 0 unspecified atom stereocenters. The van der Waals surface area contributed by atoms with Crippen LogP contribution in [0.2, 0.25) is 5.02 Å². The summed E-state index contributed by atoms with van der Waals surface area (Å²) in [6.45, 7) is 2.11. The molecule has 2 N–H and O–H groups in total. The SMILES string of the molecule is Cl.Clc1ccc(N[C@@H]2CCNC2)nc1. The largest absolute Gasteiger partial charge is 0.366 e. The molecule has 1 saturated heterocycles. The van der Waals surface area contributed by atoms with Crippen molar-refractivity contribution in [2.24, 2.45) is 0 Å². The Morgan fingerprint density at radius 1 is 1.50 bits per heavy atom. The van der Waals surface area contributed by atoms with E-state index in [4.69, 9.17) is 11.6 Å². The minimum atomic E-state index is 0. The maximum atomic E-state index is 5.73. The Kier molecular flexibility index (Phi) is 4.45. The average molecular weight is 234 g/mol. The average Bonchev–Trinajstić information content (AvgIpc) is 2.62. The fourth-order valence-corrected chi connectivity index (χ4v) is 1.56. The van der Waals surface area contributed by atoms with Crippen molar-refractivity contribution in [3.63, 3.8) is 0 Å². The van der Waals surface area contributed by atoms with Gasteiger partial charge in [-0.1, -0.05) is 11.6 Å². The lowest BCUT2D eigenvalue weighted by Gasteiger charge is -2.11. The third-order valence-electron chi connectivity index (χ3n) is 2.14. The molecule has 2 rings (SSSR count). The van der Waals surface area contributed by atoms with Crippen LogP contribution in [0.5, 0.6) is 0 Å². The molecule has 14 heavy (non-hydrogen) atoms. The van der Waals surface area contributed by atoms with Gasteiger partial charge in [-0.3, -0.25) is 0 Å². The van der Waals surface area contributed by atoms with Gasteiger partial charge >= 0.3 is 0 Å². The zero-order chi connectivity index (χ0) is 9.10. The number of rotatable bonds is 2. The number of hydrogen-bond acceptors (Lipinski definition) is 3. The van der Waals surface area contributed by atoms with Crippen molar-refractivity contribution >= 4 is 29.8 Å². The van der Waals surface area contributed by atoms with Gasteiger partial charge in [0.2, 0.25) is 0 Å². The molecule has 1 aliphatic heterocycles. The smallest absolute Gasteiger partial charge is 0.126 e. The second-order valence-electron chi connectivity index (χ2n) is 3.20. The lowest BCUT2D eigenvalue weighted by Crippen LogP contribution is -2.22. The number of halogens is 2. The Morgan fingerprint density at radius 2 is 2.36 bits per heavy atom. The first-order chi connectivity index (χ1) is 6.34. The van der Waals surface area contributed by atoms with Crippen molar-refractivity contribution < 1.29 is 0 Å². The van der Waals surface area contributed by atoms with Gasteiger partial charge in [-0.25, -0.2) is 4.98 Å². The van der Waals surface area contributed by atoms with Crippen molar-refractivity contribution in [2.45, 2.75) is 12.5 Å². The highest BCUT2D eigenvalue weighted by Crippen LogP contribution is 2.12. The molecule has 1 fully saturated rings. The van der Waals surface area contributed by atoms with E-state index in [1.165, 1.54) is 0 Å². The van der Waals surface area contributed by atoms with Gasteiger partial charge in [-0.15, -0.1) is 12.4 Å². The molecule has 0 spiro atoms. The molecular formula is C9H13Cl2N3. The molecule has 0 amide bonds. The van der Waals surface area contributed by atoms with Crippen LogP contribution < -0.4 is 10.6 Å². The van der Waals surface area contributed by atoms with E-state index in [-0.39, 0.29) is 12.4 Å². The van der Waals surface area contributed by atoms with Gasteiger partial charge in [0.1, 0.15) is 5.82 Å². The third-order valence-corrected chi connectivity index (χ3v) is 2.36. The molecule has 3 nitrogen and oxygen atoms in total. The molecule has 0 aliphatic carbocycles. The van der Waals surface area contributed by atoms with Crippen LogP contribution in [0.25, 0.3) is 0 Å². The summed E-state index contributed by atoms with van der Waals surface area (Å²) < 4.78 is 0. The van der Waals surface area contributed by atoms with Crippen molar-refractivity contribution in [1.82, 2.24) is 10.3 Å². The first-order valence-corrected chi connectivity index (χ1v) is 4.81. The number of hydrogen-bond donors (Lipinski definition) is 2. The van der Waals surface area contributed by atoms with E-state index in [1.807, 2.05) is 12.1 Å². The number of aromatic nitrogens is 1. The highest BCUT2D eigenvalue weighted by atomic mass is 35.5. The molecule has 1 aliphatic rings. The van der Waals surface area contributed by atoms with Crippen LogP contribution in [0.4, 0.5) is 5.82 Å². The topological polar surface area (TPSA) is 37.0 Å². The Morgan fingerprint density at radius 3 is 2.93 bits per heavy atom. The van der Waals surface area contributed by atoms with Crippen molar-refractivity contribution in [3.05, 3.63) is 23.4 Å². The summed E-state index contributed by atoms with van der Waals surface area (Å²) in [5.74, 6) is 0.901. The van der Waals surface area contributed by atoms with E-state index in [0.717, 1.165) is 25.3 Å². The Bertz CT molecular complexity index is 270. The molecule has 78 valence electrons. The Labute approximate surface area is 94.7 Å². The highest BCUT2D eigenvalue weighted by Gasteiger charge is 2.13. The minimum absolute atomic E-state index is 0. The number of nitrogens with zero attached hydrogens (tertiary/aromatic N) is 1. The molecule has 1 aromatic heterocycles. The van der Waals surface area contributed by atoms with E-state index >= 15 is 0 Å². The number of nitrogens with one attached hydrogen (secondary N) is 2. The lowest BCUT2D eigenvalue weighted by atomic mass is 10.2. The third kappa shape index (κ3) is 3.01. The molecule has 0 bridgehead atoms. The van der Waals surface area contributed by atoms with Gasteiger partial charge in [0.25, 0.3) is 0 Å². The molecular weight excluding hydrogens is 221 g/mol. The van der Waals surface area contributed by atoms with Crippen molar-refractivity contribution in [2.75, 3.05) is 18.4 Å². The van der Waals surface area contributed by atoms with Crippen molar-refractivity contribution in [1.29, 1.82) is 0 Å². The zero-order valence-electron chi connectivity index (χ0n) is 7.66. The summed E-state index contributed by atoms with van der Waals surface area (Å²) in [7, 11) is 0. The summed E-state index contributed by atoms with van der Waals surface area (Å²) in [5.41, 5.74) is 0. The first-order valence-electron chi connectivity index (χ1n) is 4.43. The Balaban J connectivity index is 0.000000980. The van der Waals surface area contributed by atoms with Gasteiger partial charge in [-0.2, -0.15) is 0 Å². The van der Waals surface area contributed by atoms with E-state index < -0.39 is 0 Å². The second-order valence-corrected chi connectivity index (χ2v) is 3.63. The maximum Gasteiger partial charge on any atom is 0.126 e. The van der Waals surface area contributed by atoms with Gasteiger partial charge in [-0.05, 0) is 25.1 Å². The van der Waals surface area contributed by atoms with Crippen LogP contribution >= 0.6 is 24.0 Å². The monoisotopic (exact) mass is 233 g/mol. The molecule has 0 saturated carbocycles. The van der Waals surface area contributed by atoms with E-state index in [0.29, 0.717) is 11.1 Å². The Hall–Kier alpha value is -0.510. The fraction of sp³-hybridized carbons (Fsp3) is 0.444. The second kappa shape index (κ2) is 5.39. The first kappa shape index (κ1) is 11.6. The molecule has 5 heteroatoms. The summed E-state index contributed by atoms with van der Waals surface area (Å²) in [4.78, 5) is 4.17. The number of anilines is 1. The van der Waals surface area contributed by atoms with Crippen LogP contribution in [0.3, 0.4) is 0 Å². The summed E-state index contributed by atoms with van der Waals surface area (Å²) in [6, 6.07) is 4.26. The standard InChI is InChI=1S/C9H12ClN3.ClH/c10-7-1-2-9(12-5-7)13-8-3-4-11-6-8;/h1-2,5,8,11H,3-4,6H2,(H,12,13);1H/t8-;/m1./s1. The number of pyridine rings is 1. The van der Waals surface area contributed by atoms with E-state index in [2.05, 4.69) is 15.6 Å². The quantitative estimate of drug-likeness (QED) is 0.820. The highest BCUT2D eigenvalue weighted by molar-refractivity contribution is 6.30. The normalized spacial score (nSPS) is 20.2. The van der Waals surface area contributed by atoms with E-state index in [1.54, 1.807) is 6.20 Å². The van der Waals surface area contributed by atoms with Crippen LogP contribution in [-0.2, 0) is 0 Å². The molecule has 1 atom stereocenters. The molecule has 0 radical (unpaired) electrons. The van der Waals surface area contributed by atoms with Crippen LogP contribution in [0.1, 0.15) is 6.42 Å². The molecule has 1 aromatic rings. The zero-order valence-corrected chi connectivity index (χ0v) is 9.24. The minimum Gasteiger partial charge on any atom is -0.366 e. The lowest BCUT2D eigenvalue weighted by molar-refractivity contribution is 0.788.